The monoisotopic (exact) mass is 442 g/mol. The molecule has 0 unspecified atom stereocenters. The molecule has 0 saturated heterocycles. The summed E-state index contributed by atoms with van der Waals surface area (Å²) in [7, 11) is 0. The number of halogens is 3. The minimum Gasteiger partial charge on any atom is -0.305 e. The van der Waals surface area contributed by atoms with Crippen LogP contribution in [0.2, 0.25) is 0 Å². The van der Waals surface area contributed by atoms with E-state index in [4.69, 9.17) is 0 Å². The van der Waals surface area contributed by atoms with Crippen LogP contribution in [0.25, 0.3) is 0 Å². The predicted octanol–water partition coefficient (Wildman–Crippen LogP) is 4.56. The number of hydrogen-bond donors (Lipinski definition) is 0. The van der Waals surface area contributed by atoms with Crippen LogP contribution in [-0.4, -0.2) is 33.0 Å². The number of benzene rings is 1. The third-order valence-corrected chi connectivity index (χ3v) is 5.58. The van der Waals surface area contributed by atoms with Crippen LogP contribution in [0.5, 0.6) is 0 Å². The summed E-state index contributed by atoms with van der Waals surface area (Å²) in [6.45, 7) is 5.72. The standard InChI is InChI=1S/C23H21F3N4O2/c1-13-10-27-14(2)8-19(13)20(31)9-16-11-28-30-15(3)12-29(22(32)21(16)30)18-6-4-17(5-7-18)23(24,25)26/h4-8,10-11,15H,9,12H2,1-3H3/t15-/m0/s1. The molecular weight excluding hydrogens is 421 g/mol. The van der Waals surface area contributed by atoms with Crippen molar-refractivity contribution in [2.75, 3.05) is 11.4 Å². The highest BCUT2D eigenvalue weighted by atomic mass is 19.4. The normalized spacial score (nSPS) is 16.2. The topological polar surface area (TPSA) is 68.1 Å². The van der Waals surface area contributed by atoms with E-state index in [1.165, 1.54) is 23.2 Å². The summed E-state index contributed by atoms with van der Waals surface area (Å²) in [4.78, 5) is 31.8. The maximum atomic E-state index is 13.3. The first kappa shape index (κ1) is 21.7. The highest BCUT2D eigenvalue weighted by molar-refractivity contribution is 6.08. The number of aromatic nitrogens is 3. The molecule has 1 atom stereocenters. The lowest BCUT2D eigenvalue weighted by Gasteiger charge is -2.32. The van der Waals surface area contributed by atoms with Gasteiger partial charge in [0.05, 0.1) is 17.8 Å². The number of anilines is 1. The molecule has 32 heavy (non-hydrogen) atoms. The average Bonchev–Trinajstić information content (AvgIpc) is 3.16. The molecule has 1 amide bonds. The minimum absolute atomic E-state index is 0.0149. The van der Waals surface area contributed by atoms with Gasteiger partial charge in [0.2, 0.25) is 0 Å². The number of ketones is 1. The van der Waals surface area contributed by atoms with Gasteiger partial charge in [-0.25, -0.2) is 0 Å². The summed E-state index contributed by atoms with van der Waals surface area (Å²) in [5.74, 6) is -0.554. The number of hydrogen-bond acceptors (Lipinski definition) is 4. The van der Waals surface area contributed by atoms with Gasteiger partial charge in [-0.1, -0.05) is 0 Å². The molecule has 0 bridgehead atoms. The van der Waals surface area contributed by atoms with E-state index in [1.807, 2.05) is 6.92 Å². The second-order valence-corrected chi connectivity index (χ2v) is 8.01. The van der Waals surface area contributed by atoms with Crippen molar-refractivity contribution in [3.63, 3.8) is 0 Å². The second-order valence-electron chi connectivity index (χ2n) is 8.01. The van der Waals surface area contributed by atoms with Crippen molar-refractivity contribution in [2.24, 2.45) is 0 Å². The summed E-state index contributed by atoms with van der Waals surface area (Å²) in [5, 5.41) is 4.31. The van der Waals surface area contributed by atoms with Crippen molar-refractivity contribution in [1.82, 2.24) is 14.8 Å². The van der Waals surface area contributed by atoms with E-state index >= 15 is 0 Å². The van der Waals surface area contributed by atoms with E-state index in [0.29, 0.717) is 22.5 Å². The van der Waals surface area contributed by atoms with Crippen molar-refractivity contribution < 1.29 is 22.8 Å². The summed E-state index contributed by atoms with van der Waals surface area (Å²) >= 11 is 0. The second kappa shape index (κ2) is 7.89. The molecule has 0 radical (unpaired) electrons. The van der Waals surface area contributed by atoms with Gasteiger partial charge < -0.3 is 4.90 Å². The van der Waals surface area contributed by atoms with Gasteiger partial charge >= 0.3 is 6.18 Å². The van der Waals surface area contributed by atoms with Crippen LogP contribution in [0.3, 0.4) is 0 Å². The molecule has 1 aliphatic rings. The Morgan fingerprint density at radius 1 is 1.16 bits per heavy atom. The Labute approximate surface area is 182 Å². The Morgan fingerprint density at radius 2 is 1.84 bits per heavy atom. The summed E-state index contributed by atoms with van der Waals surface area (Å²) in [6, 6.07) is 5.99. The summed E-state index contributed by atoms with van der Waals surface area (Å²) in [5.41, 5.74) is 2.34. The maximum absolute atomic E-state index is 13.3. The number of pyridine rings is 1. The van der Waals surface area contributed by atoms with Crippen LogP contribution in [0, 0.1) is 13.8 Å². The lowest BCUT2D eigenvalue weighted by Crippen LogP contribution is -2.43. The Morgan fingerprint density at radius 3 is 2.50 bits per heavy atom. The molecule has 3 aromatic rings. The molecule has 9 heteroatoms. The number of Topliss-reactive ketones (excluding diaryl/α,β-unsaturated/α-hetero) is 1. The molecule has 0 fully saturated rings. The quantitative estimate of drug-likeness (QED) is 0.556. The molecule has 166 valence electrons. The van der Waals surface area contributed by atoms with Gasteiger partial charge in [-0.3, -0.25) is 19.3 Å². The van der Waals surface area contributed by atoms with Gasteiger partial charge in [-0.05, 0) is 56.7 Å². The zero-order valence-corrected chi connectivity index (χ0v) is 17.8. The molecule has 2 aromatic heterocycles. The highest BCUT2D eigenvalue weighted by Gasteiger charge is 2.35. The summed E-state index contributed by atoms with van der Waals surface area (Å²) in [6.07, 6.45) is -1.32. The number of carbonyl (C=O) groups is 2. The van der Waals surface area contributed by atoms with Crippen molar-refractivity contribution in [1.29, 1.82) is 0 Å². The predicted molar refractivity (Wildman–Crippen MR) is 112 cm³/mol. The molecule has 1 aromatic carbocycles. The smallest absolute Gasteiger partial charge is 0.305 e. The fourth-order valence-corrected chi connectivity index (χ4v) is 3.90. The Kier molecular flexibility index (Phi) is 5.36. The fourth-order valence-electron chi connectivity index (χ4n) is 3.90. The number of aryl methyl sites for hydroxylation is 2. The summed E-state index contributed by atoms with van der Waals surface area (Å²) < 4.78 is 40.3. The zero-order valence-electron chi connectivity index (χ0n) is 17.8. The van der Waals surface area contributed by atoms with Gasteiger partial charge in [0, 0.05) is 41.7 Å². The number of amides is 1. The molecule has 0 aliphatic carbocycles. The van der Waals surface area contributed by atoms with Crippen molar-refractivity contribution >= 4 is 17.4 Å². The molecule has 0 saturated carbocycles. The van der Waals surface area contributed by atoms with Crippen LogP contribution in [0.4, 0.5) is 18.9 Å². The lowest BCUT2D eigenvalue weighted by atomic mass is 9.99. The van der Waals surface area contributed by atoms with Gasteiger partial charge in [0.15, 0.2) is 5.78 Å². The molecule has 1 aliphatic heterocycles. The van der Waals surface area contributed by atoms with E-state index in [0.717, 1.165) is 17.7 Å². The van der Waals surface area contributed by atoms with Crippen LogP contribution in [-0.2, 0) is 12.6 Å². The molecule has 6 nitrogen and oxygen atoms in total. The number of nitrogens with zero attached hydrogens (tertiary/aromatic N) is 4. The highest BCUT2D eigenvalue weighted by Crippen LogP contribution is 2.33. The maximum Gasteiger partial charge on any atom is 0.416 e. The van der Waals surface area contributed by atoms with Crippen LogP contribution in [0.1, 0.15) is 56.2 Å². The number of alkyl halides is 3. The lowest BCUT2D eigenvalue weighted by molar-refractivity contribution is -0.137. The van der Waals surface area contributed by atoms with Crippen molar-refractivity contribution in [2.45, 2.75) is 39.4 Å². The Hall–Kier alpha value is -3.49. The molecule has 0 spiro atoms. The zero-order chi connectivity index (χ0) is 23.2. The molecule has 4 rings (SSSR count). The van der Waals surface area contributed by atoms with Gasteiger partial charge in [-0.2, -0.15) is 18.3 Å². The van der Waals surface area contributed by atoms with Crippen LogP contribution in [0.15, 0.2) is 42.7 Å². The molecule has 3 heterocycles. The number of carbonyl (C=O) groups excluding carboxylic acids is 2. The largest absolute Gasteiger partial charge is 0.416 e. The van der Waals surface area contributed by atoms with E-state index in [1.54, 1.807) is 30.8 Å². The van der Waals surface area contributed by atoms with Crippen LogP contribution < -0.4 is 4.90 Å². The fraction of sp³-hybridized carbons (Fsp3) is 0.304. The first-order chi connectivity index (χ1) is 15.1. The number of rotatable bonds is 4. The Bertz CT molecular complexity index is 1200. The average molecular weight is 442 g/mol. The minimum atomic E-state index is -4.45. The van der Waals surface area contributed by atoms with Crippen LogP contribution >= 0.6 is 0 Å². The van der Waals surface area contributed by atoms with Gasteiger partial charge in [0.1, 0.15) is 5.69 Å². The third kappa shape index (κ3) is 3.90. The van der Waals surface area contributed by atoms with Gasteiger partial charge in [0.25, 0.3) is 5.91 Å². The SMILES string of the molecule is Cc1cc(C(=O)Cc2cnn3c2C(=O)N(c2ccc(C(F)(F)F)cc2)C[C@@H]3C)c(C)cn1. The third-order valence-electron chi connectivity index (χ3n) is 5.58. The molecular formula is C23H21F3N4O2. The van der Waals surface area contributed by atoms with Crippen molar-refractivity contribution in [3.8, 4) is 0 Å². The van der Waals surface area contributed by atoms with E-state index in [-0.39, 0.29) is 30.5 Å². The van der Waals surface area contributed by atoms with Gasteiger partial charge in [-0.15, -0.1) is 0 Å². The van der Waals surface area contributed by atoms with Crippen molar-refractivity contribution in [3.05, 3.63) is 76.4 Å². The Balaban J connectivity index is 1.65. The van der Waals surface area contributed by atoms with E-state index < -0.39 is 17.6 Å². The molecule has 0 N–H and O–H groups in total. The van der Waals surface area contributed by atoms with E-state index in [9.17, 15) is 22.8 Å². The first-order valence-electron chi connectivity index (χ1n) is 10.1. The van der Waals surface area contributed by atoms with E-state index in [2.05, 4.69) is 10.1 Å². The first-order valence-corrected chi connectivity index (χ1v) is 10.1. The number of fused-ring (bicyclic) bond motifs is 1.